The minimum Gasteiger partial charge on any atom is -0.495 e. The number of carbonyl (C=O) groups excluding carboxylic acids is 2. The molecule has 33 heavy (non-hydrogen) atoms. The van der Waals surface area contributed by atoms with Crippen LogP contribution in [-0.2, 0) is 26.2 Å². The largest absolute Gasteiger partial charge is 0.495 e. The van der Waals surface area contributed by atoms with E-state index < -0.39 is 28.5 Å². The molecule has 0 aliphatic carbocycles. The van der Waals surface area contributed by atoms with Gasteiger partial charge in [-0.1, -0.05) is 39.7 Å². The molecule has 11 heteroatoms. The highest BCUT2D eigenvalue weighted by atomic mass is 79.9. The average molecular weight is 561 g/mol. The predicted octanol–water partition coefficient (Wildman–Crippen LogP) is 3.43. The van der Waals surface area contributed by atoms with Gasteiger partial charge in [0.25, 0.3) is 0 Å². The molecule has 2 amide bonds. The zero-order valence-corrected chi connectivity index (χ0v) is 22.0. The van der Waals surface area contributed by atoms with E-state index in [1.165, 1.54) is 24.1 Å². The van der Waals surface area contributed by atoms with Gasteiger partial charge in [-0.15, -0.1) is 0 Å². The lowest BCUT2D eigenvalue weighted by Crippen LogP contribution is -2.51. The topological polar surface area (TPSA) is 96.0 Å². The van der Waals surface area contributed by atoms with Crippen molar-refractivity contribution in [3.05, 3.63) is 57.5 Å². The van der Waals surface area contributed by atoms with Gasteiger partial charge < -0.3 is 15.0 Å². The Hall–Kier alpha value is -2.30. The van der Waals surface area contributed by atoms with E-state index in [-0.39, 0.29) is 28.9 Å². The number of benzene rings is 2. The van der Waals surface area contributed by atoms with Crippen LogP contribution in [0.15, 0.2) is 46.9 Å². The molecule has 0 heterocycles. The molecule has 0 spiro atoms. The lowest BCUT2D eigenvalue weighted by atomic mass is 10.1. The van der Waals surface area contributed by atoms with E-state index in [2.05, 4.69) is 21.2 Å². The van der Waals surface area contributed by atoms with Crippen LogP contribution in [0.1, 0.15) is 19.4 Å². The van der Waals surface area contributed by atoms with Crippen molar-refractivity contribution >= 4 is 55.1 Å². The summed E-state index contributed by atoms with van der Waals surface area (Å²) in [6.45, 7) is 3.36. The van der Waals surface area contributed by atoms with Crippen LogP contribution in [0.25, 0.3) is 0 Å². The highest BCUT2D eigenvalue weighted by Crippen LogP contribution is 2.33. The van der Waals surface area contributed by atoms with E-state index in [1.807, 2.05) is 24.3 Å². The Balaban J connectivity index is 2.46. The van der Waals surface area contributed by atoms with Crippen molar-refractivity contribution < 1.29 is 22.7 Å². The van der Waals surface area contributed by atoms with Gasteiger partial charge in [-0.3, -0.25) is 13.9 Å². The van der Waals surface area contributed by atoms with Gasteiger partial charge in [-0.2, -0.15) is 0 Å². The molecule has 0 radical (unpaired) electrons. The summed E-state index contributed by atoms with van der Waals surface area (Å²) in [5, 5.41) is 2.99. The normalized spacial score (nSPS) is 12.1. The molecule has 0 unspecified atom stereocenters. The number of carbonyl (C=O) groups is 2. The molecule has 2 aromatic rings. The first-order valence-electron chi connectivity index (χ1n) is 10.1. The Morgan fingerprint density at radius 1 is 1.21 bits per heavy atom. The summed E-state index contributed by atoms with van der Waals surface area (Å²) < 4.78 is 32.3. The van der Waals surface area contributed by atoms with Gasteiger partial charge in [-0.05, 0) is 49.7 Å². The first kappa shape index (κ1) is 26.9. The summed E-state index contributed by atoms with van der Waals surface area (Å²) in [6.07, 6.45) is 0.993. The van der Waals surface area contributed by atoms with Crippen LogP contribution >= 0.6 is 27.5 Å². The van der Waals surface area contributed by atoms with Crippen LogP contribution in [0.4, 0.5) is 5.69 Å². The third-order valence-electron chi connectivity index (χ3n) is 4.85. The SMILES string of the molecule is CCNC(=O)[C@H](C)N(Cc1cccc(Br)c1)C(=O)CN(c1cc(Cl)ccc1OC)S(C)(=O)=O. The standard InChI is InChI=1S/C22H27BrClN3O5S/c1-5-25-22(29)15(2)26(13-16-7-6-8-17(23)11-16)21(28)14-27(33(4,30)31)19-12-18(24)9-10-20(19)32-3/h6-12,15H,5,13-14H2,1-4H3,(H,25,29)/t15-/m0/s1. The maximum Gasteiger partial charge on any atom is 0.244 e. The third-order valence-corrected chi connectivity index (χ3v) is 6.70. The molecule has 1 atom stereocenters. The Morgan fingerprint density at radius 3 is 2.48 bits per heavy atom. The second-order valence-corrected chi connectivity index (χ2v) is 10.6. The molecular weight excluding hydrogens is 534 g/mol. The minimum atomic E-state index is -3.89. The van der Waals surface area contributed by atoms with Crippen molar-refractivity contribution in [2.24, 2.45) is 0 Å². The second kappa shape index (κ2) is 11.7. The van der Waals surface area contributed by atoms with Crippen molar-refractivity contribution in [1.29, 1.82) is 0 Å². The van der Waals surface area contributed by atoms with Crippen LogP contribution < -0.4 is 14.4 Å². The highest BCUT2D eigenvalue weighted by molar-refractivity contribution is 9.10. The van der Waals surface area contributed by atoms with Crippen LogP contribution in [0, 0.1) is 0 Å². The summed E-state index contributed by atoms with van der Waals surface area (Å²) in [4.78, 5) is 27.4. The van der Waals surface area contributed by atoms with Crippen LogP contribution in [0.3, 0.4) is 0 Å². The highest BCUT2D eigenvalue weighted by Gasteiger charge is 2.31. The molecule has 0 aromatic heterocycles. The molecular formula is C22H27BrClN3O5S. The molecule has 2 aromatic carbocycles. The van der Waals surface area contributed by atoms with Crippen molar-refractivity contribution in [3.8, 4) is 5.75 Å². The third kappa shape index (κ3) is 7.35. The van der Waals surface area contributed by atoms with Gasteiger partial charge in [0, 0.05) is 22.6 Å². The summed E-state index contributed by atoms with van der Waals surface area (Å²) in [7, 11) is -2.50. The number of nitrogens with zero attached hydrogens (tertiary/aromatic N) is 2. The van der Waals surface area contributed by atoms with Gasteiger partial charge >= 0.3 is 0 Å². The molecule has 0 bridgehead atoms. The van der Waals surface area contributed by atoms with E-state index in [1.54, 1.807) is 19.9 Å². The first-order valence-corrected chi connectivity index (χ1v) is 13.1. The molecule has 180 valence electrons. The van der Waals surface area contributed by atoms with E-state index >= 15 is 0 Å². The van der Waals surface area contributed by atoms with Crippen molar-refractivity contribution in [2.75, 3.05) is 30.8 Å². The Labute approximate surface area is 208 Å². The van der Waals surface area contributed by atoms with Crippen molar-refractivity contribution in [1.82, 2.24) is 10.2 Å². The number of hydrogen-bond donors (Lipinski definition) is 1. The van der Waals surface area contributed by atoms with E-state index in [0.717, 1.165) is 20.6 Å². The first-order chi connectivity index (χ1) is 15.5. The number of nitrogens with one attached hydrogen (secondary N) is 1. The molecule has 0 aliphatic rings. The number of amides is 2. The second-order valence-electron chi connectivity index (χ2n) is 7.31. The van der Waals surface area contributed by atoms with Gasteiger partial charge in [0.1, 0.15) is 18.3 Å². The maximum absolute atomic E-state index is 13.5. The van der Waals surface area contributed by atoms with Crippen LogP contribution in [-0.4, -0.2) is 57.6 Å². The zero-order valence-electron chi connectivity index (χ0n) is 18.8. The van der Waals surface area contributed by atoms with Gasteiger partial charge in [0.15, 0.2) is 0 Å². The average Bonchev–Trinajstić information content (AvgIpc) is 2.74. The van der Waals surface area contributed by atoms with E-state index in [4.69, 9.17) is 16.3 Å². The summed E-state index contributed by atoms with van der Waals surface area (Å²) in [6, 6.07) is 11.0. The molecule has 0 saturated carbocycles. The lowest BCUT2D eigenvalue weighted by Gasteiger charge is -2.31. The summed E-state index contributed by atoms with van der Waals surface area (Å²) >= 11 is 9.49. The van der Waals surface area contributed by atoms with Crippen molar-refractivity contribution in [2.45, 2.75) is 26.4 Å². The number of methoxy groups -OCH3 is 1. The fraction of sp³-hybridized carbons (Fsp3) is 0.364. The minimum absolute atomic E-state index is 0.112. The Morgan fingerprint density at radius 2 is 1.91 bits per heavy atom. The molecule has 8 nitrogen and oxygen atoms in total. The summed E-state index contributed by atoms with van der Waals surface area (Å²) in [5.74, 6) is -0.652. The van der Waals surface area contributed by atoms with Crippen LogP contribution in [0.2, 0.25) is 5.02 Å². The van der Waals surface area contributed by atoms with E-state index in [0.29, 0.717) is 6.54 Å². The predicted molar refractivity (Wildman–Crippen MR) is 133 cm³/mol. The number of ether oxygens (including phenoxy) is 1. The summed E-state index contributed by atoms with van der Waals surface area (Å²) in [5.41, 5.74) is 0.911. The maximum atomic E-state index is 13.5. The smallest absolute Gasteiger partial charge is 0.244 e. The fourth-order valence-electron chi connectivity index (χ4n) is 3.19. The van der Waals surface area contributed by atoms with Gasteiger partial charge in [-0.25, -0.2) is 8.42 Å². The number of rotatable bonds is 10. The zero-order chi connectivity index (χ0) is 24.8. The molecule has 0 aliphatic heterocycles. The number of hydrogen-bond acceptors (Lipinski definition) is 5. The lowest BCUT2D eigenvalue weighted by molar-refractivity contribution is -0.139. The molecule has 0 fully saturated rings. The Bertz CT molecular complexity index is 1110. The van der Waals surface area contributed by atoms with Crippen LogP contribution in [0.5, 0.6) is 5.75 Å². The van der Waals surface area contributed by atoms with Gasteiger partial charge in [0.05, 0.1) is 19.1 Å². The molecule has 2 rings (SSSR count). The number of sulfonamides is 1. The quantitative estimate of drug-likeness (QED) is 0.480. The number of likely N-dealkylation sites (N-methyl/N-ethyl adjacent to an activating group) is 1. The molecule has 1 N–H and O–H groups in total. The monoisotopic (exact) mass is 559 g/mol. The van der Waals surface area contributed by atoms with E-state index in [9.17, 15) is 18.0 Å². The fourth-order valence-corrected chi connectivity index (χ4v) is 4.65. The number of halogens is 2. The van der Waals surface area contributed by atoms with Crippen molar-refractivity contribution in [3.63, 3.8) is 0 Å². The van der Waals surface area contributed by atoms with Gasteiger partial charge in [0.2, 0.25) is 21.8 Å². The number of anilines is 1. The molecule has 0 saturated heterocycles. The Kier molecular flexibility index (Phi) is 9.57.